The maximum atomic E-state index is 12.4. The number of carbonyl (C=O) groups excluding carboxylic acids is 1. The summed E-state index contributed by atoms with van der Waals surface area (Å²) in [6, 6.07) is 4.77. The number of carbonyl (C=O) groups is 1. The van der Waals surface area contributed by atoms with E-state index in [2.05, 4.69) is 22.6 Å². The average molecular weight is 409 g/mol. The molecule has 1 aliphatic rings. The molecule has 1 aromatic rings. The fourth-order valence-electron chi connectivity index (χ4n) is 2.20. The molecule has 0 spiro atoms. The first-order valence-electron chi connectivity index (χ1n) is 6.24. The van der Waals surface area contributed by atoms with Gasteiger partial charge in [0.2, 0.25) is 11.6 Å². The fourth-order valence-corrected chi connectivity index (χ4v) is 2.56. The van der Waals surface area contributed by atoms with Crippen LogP contribution < -0.4 is 5.73 Å². The Morgan fingerprint density at radius 1 is 1.29 bits per heavy atom. The molecule has 1 heterocycles. The highest BCUT2D eigenvalue weighted by atomic mass is 127. The van der Waals surface area contributed by atoms with Crippen LogP contribution in [0.4, 0.5) is 0 Å². The lowest BCUT2D eigenvalue weighted by atomic mass is 9.86. The summed E-state index contributed by atoms with van der Waals surface area (Å²) in [7, 11) is 0. The van der Waals surface area contributed by atoms with E-state index in [1.54, 1.807) is 12.1 Å². The molecule has 6 N–H and O–H groups in total. The van der Waals surface area contributed by atoms with Gasteiger partial charge in [-0.3, -0.25) is 4.79 Å². The standard InChI is InChI=1S/C13H16INO6/c14-7-3-1-6(2-4-7)12(19)13(20)11(15)10(18)9(17)8(5-16)21-13/h1-4,8-11,16-18,20H,5,15H2/t8-,9-,10+,11-,13?/m1/s1. The van der Waals surface area contributed by atoms with Crippen molar-refractivity contribution in [2.24, 2.45) is 5.73 Å². The van der Waals surface area contributed by atoms with Crippen molar-refractivity contribution in [1.82, 2.24) is 0 Å². The van der Waals surface area contributed by atoms with E-state index in [-0.39, 0.29) is 5.56 Å². The van der Waals surface area contributed by atoms with Gasteiger partial charge in [-0.25, -0.2) is 0 Å². The number of aliphatic hydroxyl groups excluding tert-OH is 3. The quantitative estimate of drug-likeness (QED) is 0.307. The Kier molecular flexibility index (Phi) is 4.98. The molecule has 1 saturated heterocycles. The number of benzene rings is 1. The van der Waals surface area contributed by atoms with Crippen molar-refractivity contribution in [1.29, 1.82) is 0 Å². The first kappa shape index (κ1) is 16.7. The SMILES string of the molecule is N[C@@H]1[C@@H](O)[C@H](O)[C@@H](CO)OC1(O)C(=O)c1ccc(I)cc1. The molecule has 7 nitrogen and oxygen atoms in total. The Bertz CT molecular complexity index is 522. The van der Waals surface area contributed by atoms with Crippen molar-refractivity contribution in [3.05, 3.63) is 33.4 Å². The summed E-state index contributed by atoms with van der Waals surface area (Å²) in [6.07, 6.45) is -4.40. The largest absolute Gasteiger partial charge is 0.394 e. The summed E-state index contributed by atoms with van der Waals surface area (Å²) < 4.78 is 5.98. The van der Waals surface area contributed by atoms with Crippen LogP contribution >= 0.6 is 22.6 Å². The van der Waals surface area contributed by atoms with Crippen LogP contribution in [-0.4, -0.2) is 63.0 Å². The fraction of sp³-hybridized carbons (Fsp3) is 0.462. The van der Waals surface area contributed by atoms with E-state index in [4.69, 9.17) is 15.6 Å². The van der Waals surface area contributed by atoms with Crippen molar-refractivity contribution in [3.8, 4) is 0 Å². The molecule has 0 saturated carbocycles. The predicted molar refractivity (Wildman–Crippen MR) is 80.4 cm³/mol. The van der Waals surface area contributed by atoms with Gasteiger partial charge < -0.3 is 30.9 Å². The topological polar surface area (TPSA) is 133 Å². The smallest absolute Gasteiger partial charge is 0.250 e. The van der Waals surface area contributed by atoms with Gasteiger partial charge in [-0.1, -0.05) is 12.1 Å². The van der Waals surface area contributed by atoms with E-state index in [0.29, 0.717) is 0 Å². The molecule has 1 unspecified atom stereocenters. The number of aliphatic hydroxyl groups is 4. The number of halogens is 1. The highest BCUT2D eigenvalue weighted by Crippen LogP contribution is 2.30. The van der Waals surface area contributed by atoms with Gasteiger partial charge in [0, 0.05) is 9.13 Å². The molecule has 0 aromatic heterocycles. The van der Waals surface area contributed by atoms with Crippen LogP contribution in [0.3, 0.4) is 0 Å². The Morgan fingerprint density at radius 2 is 1.86 bits per heavy atom. The minimum absolute atomic E-state index is 0.147. The summed E-state index contributed by atoms with van der Waals surface area (Å²) in [5.41, 5.74) is 5.79. The summed E-state index contributed by atoms with van der Waals surface area (Å²) >= 11 is 2.06. The molecule has 1 aliphatic heterocycles. The number of ether oxygens (including phenoxy) is 1. The van der Waals surface area contributed by atoms with Gasteiger partial charge in [-0.2, -0.15) is 0 Å². The van der Waals surface area contributed by atoms with E-state index in [0.717, 1.165) is 3.57 Å². The van der Waals surface area contributed by atoms with Crippen molar-refractivity contribution in [3.63, 3.8) is 0 Å². The first-order chi connectivity index (χ1) is 9.81. The second-order valence-electron chi connectivity index (χ2n) is 4.88. The first-order valence-corrected chi connectivity index (χ1v) is 7.32. The van der Waals surface area contributed by atoms with Gasteiger partial charge in [0.25, 0.3) is 0 Å². The zero-order valence-electron chi connectivity index (χ0n) is 10.9. The highest BCUT2D eigenvalue weighted by Gasteiger charge is 2.55. The average Bonchev–Trinajstić information content (AvgIpc) is 2.49. The van der Waals surface area contributed by atoms with Gasteiger partial charge in [0.1, 0.15) is 18.3 Å². The van der Waals surface area contributed by atoms with Crippen LogP contribution in [0.25, 0.3) is 0 Å². The van der Waals surface area contributed by atoms with Gasteiger partial charge in [-0.15, -0.1) is 0 Å². The number of ketones is 1. The number of hydrogen-bond donors (Lipinski definition) is 5. The second-order valence-corrected chi connectivity index (χ2v) is 6.12. The van der Waals surface area contributed by atoms with E-state index in [1.165, 1.54) is 12.1 Å². The third-order valence-electron chi connectivity index (χ3n) is 3.49. The van der Waals surface area contributed by atoms with Crippen molar-refractivity contribution >= 4 is 28.4 Å². The van der Waals surface area contributed by atoms with Crippen LogP contribution in [0.15, 0.2) is 24.3 Å². The number of hydrogen-bond acceptors (Lipinski definition) is 7. The number of rotatable bonds is 3. The van der Waals surface area contributed by atoms with E-state index >= 15 is 0 Å². The predicted octanol–water partition coefficient (Wildman–Crippen LogP) is -1.40. The molecule has 8 heteroatoms. The van der Waals surface area contributed by atoms with Crippen molar-refractivity contribution in [2.45, 2.75) is 30.1 Å². The van der Waals surface area contributed by atoms with Gasteiger partial charge in [0.05, 0.1) is 12.6 Å². The Morgan fingerprint density at radius 3 is 2.38 bits per heavy atom. The van der Waals surface area contributed by atoms with Gasteiger partial charge in [-0.05, 0) is 34.7 Å². The van der Waals surface area contributed by atoms with Crippen molar-refractivity contribution in [2.75, 3.05) is 6.61 Å². The lowest BCUT2D eigenvalue weighted by Crippen LogP contribution is -2.71. The summed E-state index contributed by atoms with van der Waals surface area (Å²) in [5.74, 6) is -3.35. The molecule has 21 heavy (non-hydrogen) atoms. The Hall–Kier alpha value is -0.620. The molecule has 0 aliphatic carbocycles. The maximum Gasteiger partial charge on any atom is 0.250 e. The normalized spacial score (nSPS) is 36.5. The Labute approximate surface area is 134 Å². The molecule has 0 bridgehead atoms. The minimum atomic E-state index is -2.52. The van der Waals surface area contributed by atoms with Crippen molar-refractivity contribution < 1.29 is 30.0 Å². The summed E-state index contributed by atoms with van der Waals surface area (Å²) in [6.45, 7) is -0.673. The number of Topliss-reactive ketones (excluding diaryl/α,β-unsaturated/α-hetero) is 1. The molecule has 0 amide bonds. The molecule has 0 radical (unpaired) electrons. The summed E-state index contributed by atoms with van der Waals surface area (Å²) in [5, 5.41) is 39.1. The van der Waals surface area contributed by atoms with Crippen LogP contribution in [0.1, 0.15) is 10.4 Å². The Balaban J connectivity index is 2.34. The third kappa shape index (κ3) is 2.97. The molecule has 116 valence electrons. The van der Waals surface area contributed by atoms with Crippen LogP contribution in [-0.2, 0) is 4.74 Å². The molecule has 1 aromatic carbocycles. The summed E-state index contributed by atoms with van der Waals surface area (Å²) in [4.78, 5) is 12.4. The lowest BCUT2D eigenvalue weighted by Gasteiger charge is -2.45. The highest BCUT2D eigenvalue weighted by molar-refractivity contribution is 14.1. The molecular weight excluding hydrogens is 393 g/mol. The van der Waals surface area contributed by atoms with Crippen LogP contribution in [0.5, 0.6) is 0 Å². The lowest BCUT2D eigenvalue weighted by molar-refractivity contribution is -0.286. The molecule has 1 fully saturated rings. The molecule has 5 atom stereocenters. The molecule has 2 rings (SSSR count). The zero-order chi connectivity index (χ0) is 15.8. The zero-order valence-corrected chi connectivity index (χ0v) is 13.0. The maximum absolute atomic E-state index is 12.4. The minimum Gasteiger partial charge on any atom is -0.394 e. The van der Waals surface area contributed by atoms with Crippen LogP contribution in [0.2, 0.25) is 0 Å². The van der Waals surface area contributed by atoms with E-state index < -0.39 is 42.5 Å². The number of nitrogens with two attached hydrogens (primary N) is 1. The van der Waals surface area contributed by atoms with Gasteiger partial charge >= 0.3 is 0 Å². The monoisotopic (exact) mass is 409 g/mol. The van der Waals surface area contributed by atoms with Gasteiger partial charge in [0.15, 0.2) is 0 Å². The second kappa shape index (κ2) is 6.24. The molecular formula is C13H16INO6. The van der Waals surface area contributed by atoms with E-state index in [9.17, 15) is 20.1 Å². The van der Waals surface area contributed by atoms with Crippen LogP contribution in [0, 0.1) is 3.57 Å². The third-order valence-corrected chi connectivity index (χ3v) is 4.21. The van der Waals surface area contributed by atoms with E-state index in [1.807, 2.05) is 0 Å².